The average molecular weight is 186 g/mol. The highest BCUT2D eigenvalue weighted by atomic mass is 35.5. The van der Waals surface area contributed by atoms with Crippen LogP contribution in [0.5, 0.6) is 0 Å². The maximum atomic E-state index is 5.59. The molecule has 0 aromatic rings. The maximum absolute atomic E-state index is 5.59. The molecule has 0 amide bonds. The molecule has 0 aliphatic heterocycles. The Bertz CT molecular complexity index is 182. The van der Waals surface area contributed by atoms with E-state index in [0.717, 1.165) is 12.6 Å². The minimum Gasteiger partial charge on any atom is -0.300 e. The molecule has 2 heteroatoms. The van der Waals surface area contributed by atoms with Crippen LogP contribution in [0.15, 0.2) is 23.8 Å². The van der Waals surface area contributed by atoms with E-state index in [2.05, 4.69) is 24.6 Å². The van der Waals surface area contributed by atoms with Gasteiger partial charge < -0.3 is 0 Å². The summed E-state index contributed by atoms with van der Waals surface area (Å²) in [5, 5.41) is 0.608. The van der Waals surface area contributed by atoms with Gasteiger partial charge in [-0.15, -0.1) is 0 Å². The van der Waals surface area contributed by atoms with E-state index in [4.69, 9.17) is 11.6 Å². The first-order valence-corrected chi connectivity index (χ1v) is 4.79. The molecule has 1 saturated carbocycles. The second kappa shape index (κ2) is 4.68. The van der Waals surface area contributed by atoms with Crippen LogP contribution < -0.4 is 0 Å². The van der Waals surface area contributed by atoms with Gasteiger partial charge in [0.25, 0.3) is 0 Å². The summed E-state index contributed by atoms with van der Waals surface area (Å²) in [6, 6.07) is 0.804. The van der Waals surface area contributed by atoms with E-state index < -0.39 is 0 Å². The SMILES string of the molecule is C=C(Cl)/C=C/CN(C)C1CCC1. The largest absolute Gasteiger partial charge is 0.300 e. The van der Waals surface area contributed by atoms with Crippen molar-refractivity contribution in [2.45, 2.75) is 25.3 Å². The van der Waals surface area contributed by atoms with Crippen LogP contribution in [-0.4, -0.2) is 24.5 Å². The molecule has 1 aliphatic carbocycles. The van der Waals surface area contributed by atoms with Crippen LogP contribution in [0.1, 0.15) is 19.3 Å². The third kappa shape index (κ3) is 3.00. The fourth-order valence-corrected chi connectivity index (χ4v) is 1.41. The molecule has 68 valence electrons. The predicted molar refractivity (Wildman–Crippen MR) is 54.4 cm³/mol. The molecule has 0 unspecified atom stereocenters. The zero-order chi connectivity index (χ0) is 8.97. The lowest BCUT2D eigenvalue weighted by atomic mass is 9.92. The van der Waals surface area contributed by atoms with E-state index in [1.807, 2.05) is 6.08 Å². The monoisotopic (exact) mass is 185 g/mol. The topological polar surface area (TPSA) is 3.24 Å². The Labute approximate surface area is 79.7 Å². The quantitative estimate of drug-likeness (QED) is 0.609. The molecule has 0 aromatic carbocycles. The van der Waals surface area contributed by atoms with Gasteiger partial charge >= 0.3 is 0 Å². The average Bonchev–Trinajstić information content (AvgIpc) is 1.81. The Balaban J connectivity index is 2.17. The summed E-state index contributed by atoms with van der Waals surface area (Å²) in [7, 11) is 2.16. The number of nitrogens with zero attached hydrogens (tertiary/aromatic N) is 1. The summed E-state index contributed by atoms with van der Waals surface area (Å²) < 4.78 is 0. The molecule has 0 spiro atoms. The van der Waals surface area contributed by atoms with E-state index >= 15 is 0 Å². The van der Waals surface area contributed by atoms with Gasteiger partial charge in [-0.1, -0.05) is 30.7 Å². The highest BCUT2D eigenvalue weighted by Crippen LogP contribution is 2.23. The molecule has 0 aromatic heterocycles. The molecule has 0 heterocycles. The van der Waals surface area contributed by atoms with Gasteiger partial charge in [0.1, 0.15) is 0 Å². The van der Waals surface area contributed by atoms with Crippen molar-refractivity contribution in [3.05, 3.63) is 23.8 Å². The van der Waals surface area contributed by atoms with E-state index in [1.165, 1.54) is 19.3 Å². The number of allylic oxidation sites excluding steroid dienone is 2. The molecule has 12 heavy (non-hydrogen) atoms. The van der Waals surface area contributed by atoms with Crippen LogP contribution in [0.2, 0.25) is 0 Å². The van der Waals surface area contributed by atoms with E-state index in [1.54, 1.807) is 0 Å². The van der Waals surface area contributed by atoms with Crippen LogP contribution in [0.25, 0.3) is 0 Å². The molecular formula is C10H16ClN. The molecule has 1 aliphatic rings. The lowest BCUT2D eigenvalue weighted by Crippen LogP contribution is -2.37. The molecule has 0 radical (unpaired) electrons. The Morgan fingerprint density at radius 1 is 1.67 bits per heavy atom. The van der Waals surface area contributed by atoms with E-state index in [0.29, 0.717) is 5.03 Å². The third-order valence-electron chi connectivity index (χ3n) is 2.39. The Hall–Kier alpha value is -0.270. The third-order valence-corrected chi connectivity index (χ3v) is 2.52. The van der Waals surface area contributed by atoms with Gasteiger partial charge in [-0.25, -0.2) is 0 Å². The Morgan fingerprint density at radius 3 is 2.75 bits per heavy atom. The van der Waals surface area contributed by atoms with Gasteiger partial charge in [-0.3, -0.25) is 4.90 Å². The van der Waals surface area contributed by atoms with E-state index in [-0.39, 0.29) is 0 Å². The maximum Gasteiger partial charge on any atom is 0.0331 e. The first-order valence-electron chi connectivity index (χ1n) is 4.41. The smallest absolute Gasteiger partial charge is 0.0331 e. The summed E-state index contributed by atoms with van der Waals surface area (Å²) in [6.07, 6.45) is 8.02. The summed E-state index contributed by atoms with van der Waals surface area (Å²) in [6.45, 7) is 4.57. The number of halogens is 1. The van der Waals surface area contributed by atoms with Gasteiger partial charge in [0, 0.05) is 17.6 Å². The van der Waals surface area contributed by atoms with Crippen LogP contribution in [0.3, 0.4) is 0 Å². The second-order valence-corrected chi connectivity index (χ2v) is 3.86. The van der Waals surface area contributed by atoms with Crippen molar-refractivity contribution < 1.29 is 0 Å². The van der Waals surface area contributed by atoms with Crippen molar-refractivity contribution in [1.82, 2.24) is 4.90 Å². The van der Waals surface area contributed by atoms with Crippen LogP contribution >= 0.6 is 11.6 Å². The van der Waals surface area contributed by atoms with Gasteiger partial charge in [0.05, 0.1) is 0 Å². The molecule has 1 fully saturated rings. The highest BCUT2D eigenvalue weighted by molar-refractivity contribution is 6.30. The van der Waals surface area contributed by atoms with Gasteiger partial charge in [-0.2, -0.15) is 0 Å². The van der Waals surface area contributed by atoms with Crippen molar-refractivity contribution >= 4 is 11.6 Å². The summed E-state index contributed by atoms with van der Waals surface area (Å²) in [5.41, 5.74) is 0. The fourth-order valence-electron chi connectivity index (χ4n) is 1.32. The minimum atomic E-state index is 0.608. The lowest BCUT2D eigenvalue weighted by molar-refractivity contribution is 0.175. The van der Waals surface area contributed by atoms with Crippen LogP contribution in [0, 0.1) is 0 Å². The molecule has 1 nitrogen and oxygen atoms in total. The number of likely N-dealkylation sites (N-methyl/N-ethyl adjacent to an activating group) is 1. The van der Waals surface area contributed by atoms with Gasteiger partial charge in [0.15, 0.2) is 0 Å². The molecule has 0 saturated heterocycles. The summed E-state index contributed by atoms with van der Waals surface area (Å²) in [4.78, 5) is 2.36. The molecule has 0 N–H and O–H groups in total. The van der Waals surface area contributed by atoms with E-state index in [9.17, 15) is 0 Å². The number of hydrogen-bond donors (Lipinski definition) is 0. The predicted octanol–water partition coefficient (Wildman–Crippen LogP) is 2.78. The number of hydrogen-bond acceptors (Lipinski definition) is 1. The fraction of sp³-hybridized carbons (Fsp3) is 0.600. The Kier molecular flexibility index (Phi) is 3.83. The minimum absolute atomic E-state index is 0.608. The van der Waals surface area contributed by atoms with Crippen molar-refractivity contribution in [3.63, 3.8) is 0 Å². The standard InChI is InChI=1S/C10H16ClN/c1-9(11)5-4-8-12(2)10-6-3-7-10/h4-5,10H,1,3,6-8H2,2H3/b5-4+. The first-order chi connectivity index (χ1) is 5.70. The van der Waals surface area contributed by atoms with Crippen molar-refractivity contribution in [3.8, 4) is 0 Å². The highest BCUT2D eigenvalue weighted by Gasteiger charge is 2.20. The zero-order valence-electron chi connectivity index (χ0n) is 7.59. The number of rotatable bonds is 4. The molecular weight excluding hydrogens is 170 g/mol. The van der Waals surface area contributed by atoms with Crippen molar-refractivity contribution in [1.29, 1.82) is 0 Å². The Morgan fingerprint density at radius 2 is 2.33 bits per heavy atom. The zero-order valence-corrected chi connectivity index (χ0v) is 8.35. The first kappa shape index (κ1) is 9.82. The molecule has 1 rings (SSSR count). The van der Waals surface area contributed by atoms with Gasteiger partial charge in [0.2, 0.25) is 0 Å². The summed E-state index contributed by atoms with van der Waals surface area (Å²) >= 11 is 5.59. The second-order valence-electron chi connectivity index (χ2n) is 3.37. The summed E-state index contributed by atoms with van der Waals surface area (Å²) in [5.74, 6) is 0. The van der Waals surface area contributed by atoms with Gasteiger partial charge in [-0.05, 0) is 26.0 Å². The normalized spacial score (nSPS) is 18.6. The molecule has 0 atom stereocenters. The van der Waals surface area contributed by atoms with Crippen molar-refractivity contribution in [2.24, 2.45) is 0 Å². The van der Waals surface area contributed by atoms with Crippen LogP contribution in [-0.2, 0) is 0 Å². The lowest BCUT2D eigenvalue weighted by Gasteiger charge is -2.33. The van der Waals surface area contributed by atoms with Crippen LogP contribution in [0.4, 0.5) is 0 Å². The molecule has 0 bridgehead atoms. The van der Waals surface area contributed by atoms with Crippen molar-refractivity contribution in [2.75, 3.05) is 13.6 Å².